The van der Waals surface area contributed by atoms with Gasteiger partial charge in [0, 0.05) is 36.7 Å². The molecule has 0 bridgehead atoms. The minimum absolute atomic E-state index is 0.0682. The van der Waals surface area contributed by atoms with E-state index in [2.05, 4.69) is 20.6 Å². The Morgan fingerprint density at radius 2 is 1.54 bits per heavy atom. The maximum Gasteiger partial charge on any atom is 0.308 e. The predicted molar refractivity (Wildman–Crippen MR) is 161 cm³/mol. The summed E-state index contributed by atoms with van der Waals surface area (Å²) in [5, 5.41) is 6.16. The number of hydrogen-bond acceptors (Lipinski definition) is 9. The van der Waals surface area contributed by atoms with Gasteiger partial charge in [-0.1, -0.05) is 30.3 Å². The van der Waals surface area contributed by atoms with E-state index in [0.29, 0.717) is 45.3 Å². The van der Waals surface area contributed by atoms with Crippen LogP contribution in [0.2, 0.25) is 0 Å². The fourth-order valence-corrected chi connectivity index (χ4v) is 3.74. The number of ether oxygens (including phenoxy) is 3. The van der Waals surface area contributed by atoms with Crippen molar-refractivity contribution in [3.63, 3.8) is 0 Å². The lowest BCUT2D eigenvalue weighted by molar-refractivity contribution is -0.156. The molecule has 0 aliphatic carbocycles. The number of carbonyl (C=O) groups excluding carboxylic acids is 2. The monoisotopic (exact) mass is 563 g/mol. The van der Waals surface area contributed by atoms with Crippen molar-refractivity contribution >= 4 is 35.0 Å². The molecule has 3 aromatic rings. The van der Waals surface area contributed by atoms with Crippen LogP contribution in [0.5, 0.6) is 0 Å². The van der Waals surface area contributed by atoms with Crippen LogP contribution in [-0.2, 0) is 30.2 Å². The minimum Gasteiger partial charge on any atom is -0.460 e. The van der Waals surface area contributed by atoms with Crippen LogP contribution in [0.15, 0.2) is 60.7 Å². The van der Waals surface area contributed by atoms with Crippen LogP contribution in [0.25, 0.3) is 0 Å². The van der Waals surface area contributed by atoms with E-state index in [1.165, 1.54) is 0 Å². The second kappa shape index (κ2) is 15.7. The van der Waals surface area contributed by atoms with Gasteiger partial charge in [0.2, 0.25) is 11.9 Å². The molecule has 3 rings (SSSR count). The summed E-state index contributed by atoms with van der Waals surface area (Å²) in [7, 11) is 1.94. The molecule has 0 radical (unpaired) electrons. The Balaban J connectivity index is 1.39. The van der Waals surface area contributed by atoms with Gasteiger partial charge >= 0.3 is 5.97 Å². The number of likely N-dealkylation sites (N-methyl/N-ethyl adjacent to an activating group) is 1. The second-order valence-corrected chi connectivity index (χ2v) is 10.6. The average molecular weight is 564 g/mol. The van der Waals surface area contributed by atoms with Gasteiger partial charge in [0.1, 0.15) is 11.4 Å². The van der Waals surface area contributed by atoms with Gasteiger partial charge in [-0.05, 0) is 57.5 Å². The van der Waals surface area contributed by atoms with Crippen LogP contribution in [0.4, 0.5) is 23.1 Å². The molecule has 0 saturated heterocycles. The maximum absolute atomic E-state index is 12.3. The Morgan fingerprint density at radius 1 is 0.878 bits per heavy atom. The largest absolute Gasteiger partial charge is 0.460 e. The Hall–Kier alpha value is -4.02. The summed E-state index contributed by atoms with van der Waals surface area (Å²) in [6.07, 6.45) is 0.543. The highest BCUT2D eigenvalue weighted by Gasteiger charge is 2.15. The minimum atomic E-state index is -0.486. The number of rotatable bonds is 15. The van der Waals surface area contributed by atoms with Crippen LogP contribution < -0.4 is 15.5 Å². The molecule has 1 aromatic heterocycles. The van der Waals surface area contributed by atoms with E-state index in [0.717, 1.165) is 28.5 Å². The summed E-state index contributed by atoms with van der Waals surface area (Å²) in [6.45, 7) is 9.71. The van der Waals surface area contributed by atoms with Crippen molar-refractivity contribution in [3.8, 4) is 0 Å². The highest BCUT2D eigenvalue weighted by molar-refractivity contribution is 5.92. The topological polar surface area (TPSA) is 115 Å². The fraction of sp³-hybridized carbons (Fsp3) is 0.419. The van der Waals surface area contributed by atoms with Crippen molar-refractivity contribution < 1.29 is 23.8 Å². The van der Waals surface area contributed by atoms with E-state index in [9.17, 15) is 9.59 Å². The lowest BCUT2D eigenvalue weighted by atomic mass is 10.1. The molecule has 0 unspecified atom stereocenters. The molecule has 41 heavy (non-hydrogen) atoms. The van der Waals surface area contributed by atoms with Crippen LogP contribution >= 0.6 is 0 Å². The van der Waals surface area contributed by atoms with Crippen molar-refractivity contribution in [3.05, 3.63) is 71.9 Å². The third-order valence-corrected chi connectivity index (χ3v) is 5.68. The zero-order valence-corrected chi connectivity index (χ0v) is 24.6. The number of aromatic nitrogens is 2. The Morgan fingerprint density at radius 3 is 2.22 bits per heavy atom. The zero-order chi connectivity index (χ0) is 29.7. The number of amides is 1. The van der Waals surface area contributed by atoms with Crippen molar-refractivity contribution in [1.29, 1.82) is 0 Å². The third-order valence-electron chi connectivity index (χ3n) is 5.68. The lowest BCUT2D eigenvalue weighted by Crippen LogP contribution is -2.25. The molecule has 2 aromatic carbocycles. The zero-order valence-electron chi connectivity index (χ0n) is 24.6. The summed E-state index contributed by atoms with van der Waals surface area (Å²) in [5.74, 6) is 0.907. The number of aryl methyl sites for hydroxylation is 1. The fourth-order valence-electron chi connectivity index (χ4n) is 3.74. The van der Waals surface area contributed by atoms with Gasteiger partial charge in [0.25, 0.3) is 0 Å². The van der Waals surface area contributed by atoms with Crippen LogP contribution in [-0.4, -0.2) is 67.5 Å². The molecule has 220 valence electrons. The number of nitrogens with one attached hydrogen (secondary N) is 2. The first-order chi connectivity index (χ1) is 19.6. The van der Waals surface area contributed by atoms with Crippen molar-refractivity contribution in [1.82, 2.24) is 9.97 Å². The number of carbonyl (C=O) groups is 2. The number of benzene rings is 2. The molecule has 1 amide bonds. The number of anilines is 4. The van der Waals surface area contributed by atoms with Gasteiger partial charge in [-0.3, -0.25) is 9.59 Å². The number of esters is 1. The van der Waals surface area contributed by atoms with Gasteiger partial charge in [-0.25, -0.2) is 4.98 Å². The molecule has 2 N–H and O–H groups in total. The highest BCUT2D eigenvalue weighted by Crippen LogP contribution is 2.20. The Bertz CT molecular complexity index is 1250. The third kappa shape index (κ3) is 12.4. The van der Waals surface area contributed by atoms with E-state index in [4.69, 9.17) is 14.2 Å². The van der Waals surface area contributed by atoms with Crippen LogP contribution in [0.1, 0.15) is 38.4 Å². The van der Waals surface area contributed by atoms with Crippen LogP contribution in [0, 0.1) is 6.92 Å². The first kappa shape index (κ1) is 31.5. The highest BCUT2D eigenvalue weighted by atomic mass is 16.6. The molecule has 0 atom stereocenters. The van der Waals surface area contributed by atoms with E-state index in [1.807, 2.05) is 100 Å². The quantitative estimate of drug-likeness (QED) is 0.197. The van der Waals surface area contributed by atoms with E-state index < -0.39 is 5.60 Å². The van der Waals surface area contributed by atoms with Gasteiger partial charge in [0.15, 0.2) is 0 Å². The summed E-state index contributed by atoms with van der Waals surface area (Å²) < 4.78 is 16.4. The van der Waals surface area contributed by atoms with Crippen molar-refractivity contribution in [2.24, 2.45) is 0 Å². The molecule has 10 heteroatoms. The van der Waals surface area contributed by atoms with Gasteiger partial charge in [-0.2, -0.15) is 4.98 Å². The Kier molecular flexibility index (Phi) is 12.1. The first-order valence-corrected chi connectivity index (χ1v) is 13.7. The molecule has 0 aliphatic heterocycles. The second-order valence-electron chi connectivity index (χ2n) is 10.6. The predicted octanol–water partition coefficient (Wildman–Crippen LogP) is 4.91. The Labute approximate surface area is 242 Å². The van der Waals surface area contributed by atoms with Crippen LogP contribution in [0.3, 0.4) is 0 Å². The molecule has 0 saturated carbocycles. The van der Waals surface area contributed by atoms with E-state index in [-0.39, 0.29) is 18.3 Å². The molecule has 0 aliphatic rings. The molecule has 0 spiro atoms. The molecule has 0 fully saturated rings. The summed E-state index contributed by atoms with van der Waals surface area (Å²) in [4.78, 5) is 35.1. The van der Waals surface area contributed by atoms with E-state index in [1.54, 1.807) is 0 Å². The average Bonchev–Trinajstić information content (AvgIpc) is 2.90. The SMILES string of the molecule is Cc1cc(N(C)CCOCCOCCC(=O)OC(C)(C)C)nc(Nc2ccc(NC(=O)Cc3ccccc3)cc2)n1. The molecule has 10 nitrogen and oxygen atoms in total. The summed E-state index contributed by atoms with van der Waals surface area (Å²) in [6, 6.07) is 19.0. The lowest BCUT2D eigenvalue weighted by Gasteiger charge is -2.20. The smallest absolute Gasteiger partial charge is 0.308 e. The molecular weight excluding hydrogens is 522 g/mol. The summed E-state index contributed by atoms with van der Waals surface area (Å²) >= 11 is 0. The van der Waals surface area contributed by atoms with Gasteiger partial charge in [0.05, 0.1) is 39.3 Å². The maximum atomic E-state index is 12.3. The van der Waals surface area contributed by atoms with Gasteiger partial charge in [-0.15, -0.1) is 0 Å². The summed E-state index contributed by atoms with van der Waals surface area (Å²) in [5.41, 5.74) is 2.83. The van der Waals surface area contributed by atoms with Crippen molar-refractivity contribution in [2.45, 2.75) is 46.1 Å². The molecule has 1 heterocycles. The number of nitrogens with zero attached hydrogens (tertiary/aromatic N) is 3. The molecular formula is C31H41N5O5. The first-order valence-electron chi connectivity index (χ1n) is 13.7. The van der Waals surface area contributed by atoms with E-state index >= 15 is 0 Å². The van der Waals surface area contributed by atoms with Gasteiger partial charge < -0.3 is 29.7 Å². The standard InChI is InChI=1S/C31H41N5O5/c1-23-21-27(36(5)16-18-40-20-19-39-17-15-29(38)41-31(2,3)4)35-30(32-23)34-26-13-11-25(12-14-26)33-28(37)22-24-9-7-6-8-10-24/h6-14,21H,15-20,22H2,1-5H3,(H,33,37)(H,32,34,35). The normalized spacial score (nSPS) is 11.1. The van der Waals surface area contributed by atoms with Crippen molar-refractivity contribution in [2.75, 3.05) is 55.6 Å². The number of hydrogen-bond donors (Lipinski definition) is 2.